The maximum absolute atomic E-state index is 11.1. The first kappa shape index (κ1) is 20.7. The Morgan fingerprint density at radius 1 is 1.17 bits per heavy atom. The first-order chi connectivity index (χ1) is 11.1. The van der Waals surface area contributed by atoms with Crippen molar-refractivity contribution in [1.82, 2.24) is 5.12 Å². The van der Waals surface area contributed by atoms with Crippen molar-refractivity contribution in [3.05, 3.63) is 50.6 Å². The molecule has 0 aliphatic carbocycles. The maximum atomic E-state index is 11.1. The van der Waals surface area contributed by atoms with Crippen LogP contribution in [0.15, 0.2) is 30.3 Å². The number of aliphatic carboxylic acids is 1. The Morgan fingerprint density at radius 3 is 1.92 bits per heavy atom. The van der Waals surface area contributed by atoms with E-state index < -0.39 is 33.2 Å². The van der Waals surface area contributed by atoms with Crippen LogP contribution in [0, 0.1) is 26.1 Å². The van der Waals surface area contributed by atoms with Crippen molar-refractivity contribution in [1.29, 1.82) is 0 Å². The van der Waals surface area contributed by atoms with Gasteiger partial charge in [-0.3, -0.25) is 10.1 Å². The Hall–Kier alpha value is -3.28. The van der Waals surface area contributed by atoms with Crippen molar-refractivity contribution in [2.45, 2.75) is 19.9 Å². The molecule has 0 spiro atoms. The van der Waals surface area contributed by atoms with E-state index in [4.69, 9.17) is 10.8 Å². The third-order valence-corrected chi connectivity index (χ3v) is 2.52. The molecule has 1 atom stereocenters. The molecule has 132 valence electrons. The highest BCUT2D eigenvalue weighted by Crippen LogP contribution is 2.06. The van der Waals surface area contributed by atoms with E-state index in [0.717, 1.165) is 0 Å². The Kier molecular flexibility index (Phi) is 8.36. The molecule has 1 unspecified atom stereocenters. The van der Waals surface area contributed by atoms with Gasteiger partial charge in [0.05, 0.1) is 0 Å². The lowest BCUT2D eigenvalue weighted by molar-refractivity contribution is -0.882. The number of amides is 2. The van der Waals surface area contributed by atoms with Gasteiger partial charge in [0.25, 0.3) is 5.12 Å². The fourth-order valence-corrected chi connectivity index (χ4v) is 1.19. The first-order valence-corrected chi connectivity index (χ1v) is 6.51. The summed E-state index contributed by atoms with van der Waals surface area (Å²) in [6.45, 7) is 3.55. The van der Waals surface area contributed by atoms with Gasteiger partial charge in [-0.2, -0.15) is 0 Å². The molecule has 0 radical (unpaired) electrons. The summed E-state index contributed by atoms with van der Waals surface area (Å²) in [5.74, 6) is -0.910. The number of carboxylic acid groups (broad SMARTS) is 1. The third-order valence-electron chi connectivity index (χ3n) is 2.52. The molecule has 0 saturated heterocycles. The summed E-state index contributed by atoms with van der Waals surface area (Å²) in [5, 5.41) is 27.1. The molecule has 0 heterocycles. The fourth-order valence-electron chi connectivity index (χ4n) is 1.19. The van der Waals surface area contributed by atoms with Crippen molar-refractivity contribution in [3.8, 4) is 0 Å². The van der Waals surface area contributed by atoms with Gasteiger partial charge in [0.15, 0.2) is 0 Å². The lowest BCUT2D eigenvalue weighted by Crippen LogP contribution is -2.43. The second kappa shape index (κ2) is 9.68. The van der Waals surface area contributed by atoms with Gasteiger partial charge in [-0.1, -0.05) is 32.0 Å². The van der Waals surface area contributed by atoms with Crippen LogP contribution in [0.2, 0.25) is 0 Å². The Bertz CT molecular complexity index is 579. The number of nitro groups is 2. The van der Waals surface area contributed by atoms with Crippen LogP contribution < -0.4 is 11.1 Å². The minimum atomic E-state index is -1.44. The van der Waals surface area contributed by atoms with E-state index in [0.29, 0.717) is 0 Å². The van der Waals surface area contributed by atoms with Crippen LogP contribution in [0.5, 0.6) is 0 Å². The number of benzene rings is 1. The van der Waals surface area contributed by atoms with Crippen LogP contribution in [0.3, 0.4) is 0 Å². The van der Waals surface area contributed by atoms with Gasteiger partial charge < -0.3 is 10.8 Å². The molecule has 1 rings (SSSR count). The minimum Gasteiger partial charge on any atom is -0.480 e. The van der Waals surface area contributed by atoms with Crippen molar-refractivity contribution in [2.24, 2.45) is 11.7 Å². The topological polar surface area (TPSA) is 182 Å². The van der Waals surface area contributed by atoms with Gasteiger partial charge in [0.2, 0.25) is 10.1 Å². The zero-order valence-electron chi connectivity index (χ0n) is 12.9. The highest BCUT2D eigenvalue weighted by Gasteiger charge is 2.37. The lowest BCUT2D eigenvalue weighted by atomic mass is 10.1. The molecule has 1 aromatic rings. The van der Waals surface area contributed by atoms with Crippen molar-refractivity contribution in [3.63, 3.8) is 0 Å². The molecule has 0 aromatic heterocycles. The second-order valence-corrected chi connectivity index (χ2v) is 4.67. The van der Waals surface area contributed by atoms with Crippen LogP contribution in [0.1, 0.15) is 13.8 Å². The predicted molar refractivity (Wildman–Crippen MR) is 81.7 cm³/mol. The lowest BCUT2D eigenvalue weighted by Gasteiger charge is -2.07. The molecule has 2 amide bonds. The van der Waals surface area contributed by atoms with E-state index in [1.807, 2.05) is 5.32 Å². The van der Waals surface area contributed by atoms with E-state index in [2.05, 4.69) is 0 Å². The number of nitrogens with zero attached hydrogens (tertiary/aromatic N) is 3. The first-order valence-electron chi connectivity index (χ1n) is 6.51. The smallest absolute Gasteiger partial charge is 0.455 e. The number of hydrogen-bond acceptors (Lipinski definition) is 7. The van der Waals surface area contributed by atoms with Gasteiger partial charge >= 0.3 is 12.0 Å². The van der Waals surface area contributed by atoms with Gasteiger partial charge in [-0.05, 0) is 18.1 Å². The summed E-state index contributed by atoms with van der Waals surface area (Å²) >= 11 is 0. The van der Waals surface area contributed by atoms with Crippen molar-refractivity contribution >= 4 is 17.7 Å². The monoisotopic (exact) mass is 343 g/mol. The summed E-state index contributed by atoms with van der Waals surface area (Å²) in [4.78, 5) is 41.5. The SMILES string of the molecule is CC(C)C(N)C(=O)O.O=C(Nc1ccccc1)N([N+](=O)[O-])[N+](=O)[O-]. The van der Waals surface area contributed by atoms with Gasteiger partial charge in [-0.25, -0.2) is 25.0 Å². The molecule has 0 aliphatic rings. The summed E-state index contributed by atoms with van der Waals surface area (Å²) < 4.78 is 0. The fraction of sp³-hybridized carbons (Fsp3) is 0.333. The zero-order chi connectivity index (χ0) is 18.9. The number of carboxylic acids is 1. The van der Waals surface area contributed by atoms with Crippen LogP contribution >= 0.6 is 0 Å². The molecule has 0 aliphatic heterocycles. The molecular weight excluding hydrogens is 326 g/mol. The number of nitrogens with two attached hydrogens (primary N) is 1. The van der Waals surface area contributed by atoms with Gasteiger partial charge in [0.1, 0.15) is 6.04 Å². The normalized spacial score (nSPS) is 10.8. The highest BCUT2D eigenvalue weighted by atomic mass is 16.8. The quantitative estimate of drug-likeness (QED) is 0.521. The highest BCUT2D eigenvalue weighted by molar-refractivity contribution is 5.87. The van der Waals surface area contributed by atoms with Crippen LogP contribution in [0.4, 0.5) is 10.5 Å². The Balaban J connectivity index is 0.000000561. The molecule has 12 heteroatoms. The molecule has 0 fully saturated rings. The largest absolute Gasteiger partial charge is 0.480 e. The average Bonchev–Trinajstić information content (AvgIpc) is 2.46. The number of nitrogens with one attached hydrogen (secondary N) is 1. The number of urea groups is 1. The number of carbonyl (C=O) groups excluding carboxylic acids is 1. The standard InChI is InChI=1S/C7H6N4O5.C5H11NO2/c12-7(9(10(13)14)11(15)16)8-6-4-2-1-3-5-6;1-3(2)4(6)5(7)8/h1-5H,(H,8,12);3-4H,6H2,1-2H3,(H,7,8). The molecular formula is C12H17N5O7. The number of anilines is 1. The maximum Gasteiger partial charge on any atom is 0.455 e. The summed E-state index contributed by atoms with van der Waals surface area (Å²) in [5.41, 5.74) is 5.38. The average molecular weight is 343 g/mol. The molecule has 0 bridgehead atoms. The molecule has 4 N–H and O–H groups in total. The van der Waals surface area contributed by atoms with Crippen LogP contribution in [-0.2, 0) is 4.79 Å². The van der Waals surface area contributed by atoms with Crippen molar-refractivity contribution in [2.75, 3.05) is 5.32 Å². The Morgan fingerprint density at radius 2 is 1.62 bits per heavy atom. The summed E-state index contributed by atoms with van der Waals surface area (Å²) in [6, 6.07) is 5.52. The van der Waals surface area contributed by atoms with E-state index >= 15 is 0 Å². The van der Waals surface area contributed by atoms with E-state index in [9.17, 15) is 29.8 Å². The molecule has 0 saturated carbocycles. The predicted octanol–water partition coefficient (Wildman–Crippen LogP) is 0.958. The number of hydrazine groups is 2. The summed E-state index contributed by atoms with van der Waals surface area (Å²) in [7, 11) is 0. The summed E-state index contributed by atoms with van der Waals surface area (Å²) in [6.07, 6.45) is 0. The number of para-hydroxylation sites is 1. The number of hydrogen-bond donors (Lipinski definition) is 3. The Labute approximate surface area is 136 Å². The van der Waals surface area contributed by atoms with E-state index in [1.54, 1.807) is 32.0 Å². The van der Waals surface area contributed by atoms with Crippen LogP contribution in [-0.4, -0.2) is 38.3 Å². The van der Waals surface area contributed by atoms with E-state index in [1.165, 1.54) is 12.1 Å². The van der Waals surface area contributed by atoms with E-state index in [-0.39, 0.29) is 11.6 Å². The van der Waals surface area contributed by atoms with Crippen LogP contribution in [0.25, 0.3) is 0 Å². The third kappa shape index (κ3) is 7.13. The number of carbonyl (C=O) groups is 2. The molecule has 1 aromatic carbocycles. The van der Waals surface area contributed by atoms with Crippen molar-refractivity contribution < 1.29 is 24.8 Å². The zero-order valence-corrected chi connectivity index (χ0v) is 12.9. The van der Waals surface area contributed by atoms with Gasteiger partial charge in [0, 0.05) is 5.69 Å². The molecule has 12 nitrogen and oxygen atoms in total. The second-order valence-electron chi connectivity index (χ2n) is 4.67. The molecule has 24 heavy (non-hydrogen) atoms. The van der Waals surface area contributed by atoms with Gasteiger partial charge in [-0.15, -0.1) is 0 Å². The number of rotatable bonds is 5. The minimum absolute atomic E-state index is 0.0208.